The van der Waals surface area contributed by atoms with Crippen LogP contribution in [0.2, 0.25) is 0 Å². The molecule has 4 heteroatoms. The Morgan fingerprint density at radius 1 is 0.895 bits per heavy atom. The summed E-state index contributed by atoms with van der Waals surface area (Å²) in [6.07, 6.45) is 0. The molecule has 4 rings (SSSR count). The van der Waals surface area contributed by atoms with Gasteiger partial charge in [-0.15, -0.1) is 0 Å². The van der Waals surface area contributed by atoms with Crippen molar-refractivity contribution < 1.29 is 0 Å². The number of nitrogens with zero attached hydrogens (tertiary/aromatic N) is 2. The molecule has 2 nitrogen and oxygen atoms in total. The van der Waals surface area contributed by atoms with Crippen molar-refractivity contribution in [2.75, 3.05) is 16.5 Å². The van der Waals surface area contributed by atoms with Crippen molar-refractivity contribution in [2.45, 2.75) is 13.1 Å². The van der Waals surface area contributed by atoms with Gasteiger partial charge in [-0.25, -0.2) is 0 Å². The van der Waals surface area contributed by atoms with Crippen LogP contribution in [0.15, 0.2) is 45.3 Å². The van der Waals surface area contributed by atoms with E-state index in [0.717, 1.165) is 24.2 Å². The quantitative estimate of drug-likeness (QED) is 0.664. The van der Waals surface area contributed by atoms with E-state index >= 15 is 0 Å². The molecule has 0 unspecified atom stereocenters. The maximum atomic E-state index is 3.68. The third-order valence-corrected chi connectivity index (χ3v) is 5.11. The number of halogens is 2. The lowest BCUT2D eigenvalue weighted by Gasteiger charge is -2.45. The predicted octanol–water partition coefficient (Wildman–Crippen LogP) is 4.51. The molecule has 2 aliphatic heterocycles. The summed E-state index contributed by atoms with van der Waals surface area (Å²) in [6, 6.07) is 13.1. The highest BCUT2D eigenvalue weighted by molar-refractivity contribution is 9.10. The van der Waals surface area contributed by atoms with Crippen LogP contribution in [0.5, 0.6) is 0 Å². The molecular formula is C15H12Br2N2. The van der Waals surface area contributed by atoms with Gasteiger partial charge in [-0.05, 0) is 29.8 Å². The van der Waals surface area contributed by atoms with E-state index in [9.17, 15) is 0 Å². The number of benzene rings is 2. The summed E-state index contributed by atoms with van der Waals surface area (Å²) in [5, 5.41) is 0. The van der Waals surface area contributed by atoms with Gasteiger partial charge < -0.3 is 9.80 Å². The number of hydrogen-bond acceptors (Lipinski definition) is 2. The molecule has 0 radical (unpaired) electrons. The molecule has 0 saturated heterocycles. The summed E-state index contributed by atoms with van der Waals surface area (Å²) in [7, 11) is 0. The first-order valence-electron chi connectivity index (χ1n) is 6.28. The fraction of sp³-hybridized carbons (Fsp3) is 0.200. The Bertz CT molecular complexity index is 669. The highest BCUT2D eigenvalue weighted by Crippen LogP contribution is 2.41. The molecule has 2 bridgehead atoms. The van der Waals surface area contributed by atoms with Gasteiger partial charge in [0.2, 0.25) is 0 Å². The van der Waals surface area contributed by atoms with E-state index in [0.29, 0.717) is 0 Å². The summed E-state index contributed by atoms with van der Waals surface area (Å²) in [4.78, 5) is 4.89. The smallest absolute Gasteiger partial charge is 0.0910 e. The monoisotopic (exact) mass is 378 g/mol. The Kier molecular flexibility index (Phi) is 2.64. The van der Waals surface area contributed by atoms with Crippen LogP contribution < -0.4 is 9.80 Å². The molecule has 96 valence electrons. The summed E-state index contributed by atoms with van der Waals surface area (Å²) in [6.45, 7) is 2.94. The minimum Gasteiger partial charge on any atom is -0.349 e. The van der Waals surface area contributed by atoms with Gasteiger partial charge in [0.25, 0.3) is 0 Å². The lowest BCUT2D eigenvalue weighted by Crippen LogP contribution is -2.46. The topological polar surface area (TPSA) is 6.48 Å². The molecule has 0 N–H and O–H groups in total. The van der Waals surface area contributed by atoms with E-state index < -0.39 is 0 Å². The third-order valence-electron chi connectivity index (χ3n) is 3.87. The Morgan fingerprint density at radius 3 is 2.63 bits per heavy atom. The van der Waals surface area contributed by atoms with E-state index in [4.69, 9.17) is 0 Å². The zero-order valence-corrected chi connectivity index (χ0v) is 13.4. The second-order valence-electron chi connectivity index (χ2n) is 5.05. The Labute approximate surface area is 129 Å². The standard InChI is InChI=1S/C15H12Br2N2/c16-11-5-4-10-7-18-9-19(15(10)6-11)8-12-13(17)2-1-3-14(12)18/h1-6H,7-9H2. The number of rotatable bonds is 0. The summed E-state index contributed by atoms with van der Waals surface area (Å²) < 4.78 is 2.36. The summed E-state index contributed by atoms with van der Waals surface area (Å²) in [5.74, 6) is 0. The molecule has 0 aliphatic carbocycles. The van der Waals surface area contributed by atoms with Crippen molar-refractivity contribution in [3.8, 4) is 0 Å². The SMILES string of the molecule is Brc1ccc2c(c1)N1Cc3c(Br)cccc3N(C2)C1. The van der Waals surface area contributed by atoms with Gasteiger partial charge in [-0.2, -0.15) is 0 Å². The van der Waals surface area contributed by atoms with Gasteiger partial charge in [0.1, 0.15) is 0 Å². The van der Waals surface area contributed by atoms with Crippen LogP contribution in [0, 0.1) is 0 Å². The van der Waals surface area contributed by atoms with Crippen LogP contribution >= 0.6 is 31.9 Å². The van der Waals surface area contributed by atoms with E-state index in [2.05, 4.69) is 78.1 Å². The van der Waals surface area contributed by atoms with Crippen LogP contribution in [0.4, 0.5) is 11.4 Å². The first-order valence-corrected chi connectivity index (χ1v) is 7.87. The molecule has 0 aromatic heterocycles. The molecule has 2 aromatic rings. The minimum atomic E-state index is 0.969. The van der Waals surface area contributed by atoms with Crippen LogP contribution in [0.3, 0.4) is 0 Å². The molecule has 2 heterocycles. The first-order chi connectivity index (χ1) is 9.22. The highest BCUT2D eigenvalue weighted by Gasteiger charge is 2.30. The fourth-order valence-electron chi connectivity index (χ4n) is 2.99. The molecule has 2 aliphatic rings. The number of anilines is 2. The van der Waals surface area contributed by atoms with Gasteiger partial charge in [-0.1, -0.05) is 44.0 Å². The fourth-order valence-corrected chi connectivity index (χ4v) is 3.82. The minimum absolute atomic E-state index is 0.969. The molecule has 0 fully saturated rings. The second-order valence-corrected chi connectivity index (χ2v) is 6.82. The van der Waals surface area contributed by atoms with Crippen molar-refractivity contribution in [1.29, 1.82) is 0 Å². The van der Waals surface area contributed by atoms with E-state index in [1.807, 2.05) is 0 Å². The van der Waals surface area contributed by atoms with E-state index in [1.165, 1.54) is 27.0 Å². The Balaban J connectivity index is 1.86. The van der Waals surface area contributed by atoms with Crippen molar-refractivity contribution >= 4 is 43.2 Å². The second kappa shape index (κ2) is 4.25. The average molecular weight is 380 g/mol. The number of fused-ring (bicyclic) bond motifs is 6. The van der Waals surface area contributed by atoms with E-state index in [1.54, 1.807) is 0 Å². The Morgan fingerprint density at radius 2 is 1.74 bits per heavy atom. The summed E-state index contributed by atoms with van der Waals surface area (Å²) >= 11 is 7.26. The van der Waals surface area contributed by atoms with Crippen molar-refractivity contribution in [3.05, 3.63) is 56.5 Å². The maximum absolute atomic E-state index is 3.68. The summed E-state index contributed by atoms with van der Waals surface area (Å²) in [5.41, 5.74) is 5.51. The molecule has 0 saturated carbocycles. The molecule has 0 amide bonds. The molecule has 19 heavy (non-hydrogen) atoms. The van der Waals surface area contributed by atoms with E-state index in [-0.39, 0.29) is 0 Å². The largest absolute Gasteiger partial charge is 0.349 e. The predicted molar refractivity (Wildman–Crippen MR) is 85.5 cm³/mol. The van der Waals surface area contributed by atoms with Crippen molar-refractivity contribution in [3.63, 3.8) is 0 Å². The van der Waals surface area contributed by atoms with Crippen LogP contribution in [0.25, 0.3) is 0 Å². The molecule has 0 atom stereocenters. The Hall–Kier alpha value is -1.00. The van der Waals surface area contributed by atoms with Crippen LogP contribution in [-0.2, 0) is 13.1 Å². The lowest BCUT2D eigenvalue weighted by molar-refractivity contribution is 0.649. The van der Waals surface area contributed by atoms with Crippen molar-refractivity contribution in [1.82, 2.24) is 0 Å². The normalized spacial score (nSPS) is 16.1. The average Bonchev–Trinajstić information content (AvgIpc) is 2.41. The van der Waals surface area contributed by atoms with Crippen LogP contribution in [-0.4, -0.2) is 6.67 Å². The maximum Gasteiger partial charge on any atom is 0.0910 e. The molecule has 0 spiro atoms. The van der Waals surface area contributed by atoms with Crippen LogP contribution in [0.1, 0.15) is 11.1 Å². The lowest BCUT2D eigenvalue weighted by atomic mass is 10.0. The van der Waals surface area contributed by atoms with Gasteiger partial charge in [-0.3, -0.25) is 0 Å². The first kappa shape index (κ1) is 11.8. The van der Waals surface area contributed by atoms with Crippen molar-refractivity contribution in [2.24, 2.45) is 0 Å². The van der Waals surface area contributed by atoms with Gasteiger partial charge in [0.15, 0.2) is 0 Å². The molecule has 2 aromatic carbocycles. The highest BCUT2D eigenvalue weighted by atomic mass is 79.9. The zero-order valence-electron chi connectivity index (χ0n) is 10.2. The van der Waals surface area contributed by atoms with Gasteiger partial charge in [0.05, 0.1) is 6.67 Å². The van der Waals surface area contributed by atoms with Gasteiger partial charge in [0, 0.05) is 39.0 Å². The van der Waals surface area contributed by atoms with Gasteiger partial charge >= 0.3 is 0 Å². The zero-order chi connectivity index (χ0) is 13.0. The number of hydrogen-bond donors (Lipinski definition) is 0. The molecular weight excluding hydrogens is 368 g/mol. The third kappa shape index (κ3) is 1.81.